The molecule has 1 saturated heterocycles. The second-order valence-electron chi connectivity index (χ2n) is 21.5. The predicted octanol–water partition coefficient (Wildman–Crippen LogP) is 15.7. The molecule has 0 aromatic rings. The highest BCUT2D eigenvalue weighted by Crippen LogP contribution is 2.23. The van der Waals surface area contributed by atoms with E-state index in [0.717, 1.165) is 64.2 Å². The molecule has 7 unspecified atom stereocenters. The number of carbonyl (C=O) groups is 1. The van der Waals surface area contributed by atoms with Gasteiger partial charge in [0.05, 0.1) is 25.4 Å². The topological polar surface area (TPSA) is 149 Å². The Morgan fingerprint density at radius 3 is 1.24 bits per heavy atom. The third kappa shape index (κ3) is 41.4. The van der Waals surface area contributed by atoms with Crippen molar-refractivity contribution in [2.45, 2.75) is 333 Å². The van der Waals surface area contributed by atoms with Crippen molar-refractivity contribution in [3.8, 4) is 0 Å². The van der Waals surface area contributed by atoms with Gasteiger partial charge in [-0.2, -0.15) is 0 Å². The minimum Gasteiger partial charge on any atom is -0.394 e. The molecule has 7 atom stereocenters. The highest BCUT2D eigenvalue weighted by atomic mass is 16.7. The molecule has 1 aliphatic heterocycles. The Bertz CT molecular complexity index is 1270. The molecule has 0 radical (unpaired) electrons. The van der Waals surface area contributed by atoms with E-state index < -0.39 is 49.5 Å². The summed E-state index contributed by atoms with van der Waals surface area (Å²) in [5.74, 6) is -0.187. The lowest BCUT2D eigenvalue weighted by Gasteiger charge is -2.40. The lowest BCUT2D eigenvalue weighted by molar-refractivity contribution is -0.302. The first-order valence-electron chi connectivity index (χ1n) is 30.9. The van der Waals surface area contributed by atoms with Crippen molar-refractivity contribution in [2.24, 2.45) is 0 Å². The van der Waals surface area contributed by atoms with Gasteiger partial charge in [-0.3, -0.25) is 4.79 Å². The van der Waals surface area contributed by atoms with Gasteiger partial charge in [0.2, 0.25) is 5.91 Å². The molecule has 6 N–H and O–H groups in total. The van der Waals surface area contributed by atoms with Crippen LogP contribution in [0.25, 0.3) is 0 Å². The second kappa shape index (κ2) is 52.6. The quantitative estimate of drug-likeness (QED) is 0.0261. The summed E-state index contributed by atoms with van der Waals surface area (Å²) in [7, 11) is 0. The summed E-state index contributed by atoms with van der Waals surface area (Å²) < 4.78 is 11.3. The number of aliphatic hydroxyl groups is 5. The van der Waals surface area contributed by atoms with Gasteiger partial charge < -0.3 is 40.3 Å². The summed E-state index contributed by atoms with van der Waals surface area (Å²) in [6, 6.07) is -0.814. The van der Waals surface area contributed by atoms with Gasteiger partial charge >= 0.3 is 0 Å². The minimum atomic E-state index is -1.57. The first kappa shape index (κ1) is 68.2. The molecule has 0 saturated carbocycles. The standard InChI is InChI=1S/C63H117NO8/c1-3-5-7-9-11-13-15-17-19-21-23-24-25-26-27-28-29-30-31-32-33-35-36-38-40-42-44-46-48-50-52-57(66)56(55-71-63-62(70)61(69)60(68)58(54-65)72-63)64-59(67)53-51-49-47-45-43-41-39-37-34-22-20-18-16-14-12-10-8-6-4-2/h12,14,18,20,34,37,50,52,56-58,60-63,65-66,68-70H,3-11,13,15-17,19,21-33,35-36,38-49,51,53-55H2,1-2H3,(H,64,67)/b14-12-,20-18-,37-34-,52-50+. The number of hydrogen-bond donors (Lipinski definition) is 6. The van der Waals surface area contributed by atoms with Crippen LogP contribution in [0.15, 0.2) is 48.6 Å². The average Bonchev–Trinajstić information content (AvgIpc) is 3.38. The first-order valence-corrected chi connectivity index (χ1v) is 30.9. The maximum atomic E-state index is 13.1. The number of ether oxygens (including phenoxy) is 2. The van der Waals surface area contributed by atoms with E-state index in [1.807, 2.05) is 6.08 Å². The van der Waals surface area contributed by atoms with Gasteiger partial charge in [0.15, 0.2) is 6.29 Å². The molecule has 1 aliphatic rings. The Balaban J connectivity index is 2.18. The predicted molar refractivity (Wildman–Crippen MR) is 304 cm³/mol. The lowest BCUT2D eigenvalue weighted by Crippen LogP contribution is -2.60. The molecule has 9 heteroatoms. The minimum absolute atomic E-state index is 0.187. The Labute approximate surface area is 444 Å². The van der Waals surface area contributed by atoms with Crippen molar-refractivity contribution in [1.82, 2.24) is 5.32 Å². The van der Waals surface area contributed by atoms with Gasteiger partial charge in [-0.25, -0.2) is 0 Å². The van der Waals surface area contributed by atoms with Crippen LogP contribution in [-0.4, -0.2) is 87.5 Å². The zero-order valence-corrected chi connectivity index (χ0v) is 46.9. The summed E-state index contributed by atoms with van der Waals surface area (Å²) in [6.07, 6.45) is 63.3. The second-order valence-corrected chi connectivity index (χ2v) is 21.5. The molecule has 422 valence electrons. The van der Waals surface area contributed by atoms with Gasteiger partial charge in [0.25, 0.3) is 0 Å². The maximum absolute atomic E-state index is 13.1. The molecule has 0 aromatic heterocycles. The molecule has 0 aromatic carbocycles. The maximum Gasteiger partial charge on any atom is 0.220 e. The van der Waals surface area contributed by atoms with Crippen molar-refractivity contribution in [1.29, 1.82) is 0 Å². The van der Waals surface area contributed by atoms with Crippen LogP contribution in [0.4, 0.5) is 0 Å². The van der Waals surface area contributed by atoms with Gasteiger partial charge in [0, 0.05) is 6.42 Å². The molecule has 0 bridgehead atoms. The van der Waals surface area contributed by atoms with Crippen molar-refractivity contribution in [3.05, 3.63) is 48.6 Å². The molecule has 0 aliphatic carbocycles. The first-order chi connectivity index (χ1) is 35.3. The van der Waals surface area contributed by atoms with Crippen LogP contribution in [0.2, 0.25) is 0 Å². The Morgan fingerprint density at radius 1 is 0.472 bits per heavy atom. The number of carbonyl (C=O) groups excluding carboxylic acids is 1. The van der Waals surface area contributed by atoms with Crippen LogP contribution in [-0.2, 0) is 14.3 Å². The van der Waals surface area contributed by atoms with Crippen LogP contribution >= 0.6 is 0 Å². The van der Waals surface area contributed by atoms with Gasteiger partial charge in [-0.1, -0.05) is 274 Å². The summed E-state index contributed by atoms with van der Waals surface area (Å²) >= 11 is 0. The number of hydrogen-bond acceptors (Lipinski definition) is 8. The number of rotatable bonds is 53. The van der Waals surface area contributed by atoms with Crippen LogP contribution in [0.1, 0.15) is 290 Å². The summed E-state index contributed by atoms with van der Waals surface area (Å²) in [4.78, 5) is 13.1. The van der Waals surface area contributed by atoms with E-state index in [9.17, 15) is 30.3 Å². The molecule has 72 heavy (non-hydrogen) atoms. The van der Waals surface area contributed by atoms with Crippen LogP contribution in [0, 0.1) is 0 Å². The normalized spacial score (nSPS) is 19.5. The van der Waals surface area contributed by atoms with Crippen molar-refractivity contribution in [2.75, 3.05) is 13.2 Å². The SMILES string of the molecule is CCCCC/C=C\C/C=C\C/C=C\CCCCCCCCC(=O)NC(COC1OC(CO)C(O)C(O)C1O)C(O)/C=C/CCCCCCCCCCCCCCCCCCCCCCCCCCCCCC. The average molecular weight is 1020 g/mol. The fourth-order valence-electron chi connectivity index (χ4n) is 9.75. The number of allylic oxidation sites excluding steroid dienone is 7. The summed E-state index contributed by atoms with van der Waals surface area (Å²) in [5, 5.41) is 54.6. The number of nitrogens with one attached hydrogen (secondary N) is 1. The molecule has 9 nitrogen and oxygen atoms in total. The monoisotopic (exact) mass is 1020 g/mol. The lowest BCUT2D eigenvalue weighted by atomic mass is 9.99. The zero-order chi connectivity index (χ0) is 52.2. The zero-order valence-electron chi connectivity index (χ0n) is 46.9. The summed E-state index contributed by atoms with van der Waals surface area (Å²) in [6.45, 7) is 3.77. The molecule has 1 heterocycles. The van der Waals surface area contributed by atoms with E-state index in [-0.39, 0.29) is 12.5 Å². The number of amides is 1. The molecule has 1 rings (SSSR count). The Morgan fingerprint density at radius 2 is 0.819 bits per heavy atom. The van der Waals surface area contributed by atoms with Gasteiger partial charge in [-0.05, 0) is 57.8 Å². The molecule has 1 fully saturated rings. The van der Waals surface area contributed by atoms with Crippen molar-refractivity contribution in [3.63, 3.8) is 0 Å². The van der Waals surface area contributed by atoms with Crippen LogP contribution in [0.5, 0.6) is 0 Å². The van der Waals surface area contributed by atoms with E-state index in [2.05, 4.69) is 55.6 Å². The fraction of sp³-hybridized carbons (Fsp3) is 0.857. The van der Waals surface area contributed by atoms with Crippen LogP contribution in [0.3, 0.4) is 0 Å². The van der Waals surface area contributed by atoms with E-state index >= 15 is 0 Å². The number of aliphatic hydroxyl groups excluding tert-OH is 5. The Hall–Kier alpha value is -1.85. The van der Waals surface area contributed by atoms with Crippen LogP contribution < -0.4 is 5.32 Å². The van der Waals surface area contributed by atoms with E-state index in [1.165, 1.54) is 205 Å². The molecule has 0 spiro atoms. The van der Waals surface area contributed by atoms with E-state index in [1.54, 1.807) is 6.08 Å². The molecule has 1 amide bonds. The largest absolute Gasteiger partial charge is 0.394 e. The van der Waals surface area contributed by atoms with Crippen molar-refractivity contribution < 1.29 is 39.8 Å². The molecular formula is C63H117NO8. The van der Waals surface area contributed by atoms with Gasteiger partial charge in [-0.15, -0.1) is 0 Å². The number of unbranched alkanes of at least 4 members (excludes halogenated alkanes) is 37. The molecular weight excluding hydrogens is 899 g/mol. The van der Waals surface area contributed by atoms with Crippen molar-refractivity contribution >= 4 is 5.91 Å². The van der Waals surface area contributed by atoms with Gasteiger partial charge in [0.1, 0.15) is 24.4 Å². The fourth-order valence-corrected chi connectivity index (χ4v) is 9.75. The Kier molecular flexibility index (Phi) is 49.8. The van der Waals surface area contributed by atoms with E-state index in [4.69, 9.17) is 9.47 Å². The summed E-state index contributed by atoms with van der Waals surface area (Å²) in [5.41, 5.74) is 0. The highest BCUT2D eigenvalue weighted by molar-refractivity contribution is 5.76. The van der Waals surface area contributed by atoms with E-state index in [0.29, 0.717) is 6.42 Å². The third-order valence-electron chi connectivity index (χ3n) is 14.6. The smallest absolute Gasteiger partial charge is 0.220 e. The third-order valence-corrected chi connectivity index (χ3v) is 14.6. The highest BCUT2D eigenvalue weighted by Gasteiger charge is 2.44.